The minimum Gasteiger partial charge on any atom is -0.494 e. The summed E-state index contributed by atoms with van der Waals surface area (Å²) in [5, 5.41) is -0.285. The molecule has 176 valence electrons. The topological polar surface area (TPSA) is 90.0 Å². The van der Waals surface area contributed by atoms with E-state index < -0.39 is 15.7 Å². The smallest absolute Gasteiger partial charge is 0.290 e. The van der Waals surface area contributed by atoms with Crippen molar-refractivity contribution < 1.29 is 26.8 Å². The molecular formula is C26H25NO6S. The average Bonchev–Trinajstić information content (AvgIpc) is 3.53. The Morgan fingerprint density at radius 2 is 1.71 bits per heavy atom. The van der Waals surface area contributed by atoms with E-state index in [4.69, 9.17) is 13.6 Å². The number of aryl methyl sites for hydroxylation is 1. The Balaban J connectivity index is 1.63. The molecule has 2 heterocycles. The van der Waals surface area contributed by atoms with Gasteiger partial charge in [0.15, 0.2) is 5.76 Å². The van der Waals surface area contributed by atoms with Gasteiger partial charge in [0, 0.05) is 5.56 Å². The van der Waals surface area contributed by atoms with Crippen molar-refractivity contribution in [2.45, 2.75) is 36.9 Å². The number of amides is 1. The second-order valence-corrected chi connectivity index (χ2v) is 9.60. The molecule has 0 saturated carbocycles. The number of para-hydroxylation sites is 1. The Morgan fingerprint density at radius 1 is 0.941 bits per heavy atom. The van der Waals surface area contributed by atoms with E-state index in [2.05, 4.69) is 0 Å². The lowest BCUT2D eigenvalue weighted by molar-refractivity contribution is 0.0678. The van der Waals surface area contributed by atoms with E-state index in [1.807, 2.05) is 38.1 Å². The van der Waals surface area contributed by atoms with Crippen LogP contribution in [0.3, 0.4) is 0 Å². The summed E-state index contributed by atoms with van der Waals surface area (Å²) in [6.45, 7) is 4.64. The number of ether oxygens (including phenoxy) is 1. The van der Waals surface area contributed by atoms with Crippen LogP contribution < -0.4 is 4.74 Å². The van der Waals surface area contributed by atoms with Crippen molar-refractivity contribution in [3.63, 3.8) is 0 Å². The molecule has 34 heavy (non-hydrogen) atoms. The van der Waals surface area contributed by atoms with E-state index in [9.17, 15) is 13.2 Å². The molecule has 0 atom stereocenters. The lowest BCUT2D eigenvalue weighted by Gasteiger charge is -2.22. The summed E-state index contributed by atoms with van der Waals surface area (Å²) in [5.74, 6) is 0.713. The number of carbonyl (C=O) groups excluding carboxylic acids is 1. The molecule has 0 saturated heterocycles. The standard InChI is InChI=1S/C26H25NO6S/c1-3-31-23-9-5-4-7-20(23)17-27(18-21-8-6-16-32-21)26(28)24-14-15-25(33-24)34(29,30)22-12-10-19(2)11-13-22/h4-16H,3,17-18H2,1-2H3. The molecule has 4 aromatic rings. The molecule has 0 bridgehead atoms. The maximum Gasteiger partial charge on any atom is 0.290 e. The summed E-state index contributed by atoms with van der Waals surface area (Å²) in [6.07, 6.45) is 1.53. The Labute approximate surface area is 198 Å². The van der Waals surface area contributed by atoms with Crippen LogP contribution >= 0.6 is 0 Å². The number of sulfone groups is 1. The van der Waals surface area contributed by atoms with Crippen molar-refractivity contribution in [1.29, 1.82) is 0 Å². The molecule has 8 heteroatoms. The van der Waals surface area contributed by atoms with Crippen LogP contribution in [0.15, 0.2) is 97.9 Å². The van der Waals surface area contributed by atoms with E-state index in [0.29, 0.717) is 18.1 Å². The van der Waals surface area contributed by atoms with Gasteiger partial charge in [0.2, 0.25) is 14.9 Å². The van der Waals surface area contributed by atoms with Crippen LogP contribution in [0.2, 0.25) is 0 Å². The molecule has 0 N–H and O–H groups in total. The number of furan rings is 2. The number of benzene rings is 2. The summed E-state index contributed by atoms with van der Waals surface area (Å²) < 4.78 is 42.6. The van der Waals surface area contributed by atoms with Gasteiger partial charge in [-0.25, -0.2) is 8.42 Å². The third-order valence-electron chi connectivity index (χ3n) is 5.24. The number of hydrogen-bond donors (Lipinski definition) is 0. The van der Waals surface area contributed by atoms with Crippen LogP contribution in [-0.4, -0.2) is 25.8 Å². The highest BCUT2D eigenvalue weighted by molar-refractivity contribution is 7.91. The Hall–Kier alpha value is -3.78. The second-order valence-electron chi connectivity index (χ2n) is 7.72. The van der Waals surface area contributed by atoms with Crippen molar-refractivity contribution in [3.05, 3.63) is 102 Å². The highest BCUT2D eigenvalue weighted by Gasteiger charge is 2.27. The zero-order valence-corrected chi connectivity index (χ0v) is 19.7. The summed E-state index contributed by atoms with van der Waals surface area (Å²) in [6, 6.07) is 20.1. The fourth-order valence-electron chi connectivity index (χ4n) is 3.50. The van der Waals surface area contributed by atoms with Gasteiger partial charge in [-0.2, -0.15) is 0 Å². The molecule has 7 nitrogen and oxygen atoms in total. The maximum absolute atomic E-state index is 13.4. The molecular weight excluding hydrogens is 454 g/mol. The first-order chi connectivity index (χ1) is 16.4. The summed E-state index contributed by atoms with van der Waals surface area (Å²) >= 11 is 0. The van der Waals surface area contributed by atoms with Gasteiger partial charge in [-0.1, -0.05) is 35.9 Å². The van der Waals surface area contributed by atoms with E-state index in [0.717, 1.165) is 11.1 Å². The average molecular weight is 480 g/mol. The highest BCUT2D eigenvalue weighted by atomic mass is 32.2. The van der Waals surface area contributed by atoms with E-state index in [-0.39, 0.29) is 28.8 Å². The van der Waals surface area contributed by atoms with Crippen molar-refractivity contribution in [3.8, 4) is 5.75 Å². The first kappa shape index (κ1) is 23.4. The van der Waals surface area contributed by atoms with Crippen molar-refractivity contribution in [2.75, 3.05) is 6.61 Å². The van der Waals surface area contributed by atoms with E-state index in [1.54, 1.807) is 24.3 Å². The van der Waals surface area contributed by atoms with Crippen molar-refractivity contribution >= 4 is 15.7 Å². The van der Waals surface area contributed by atoms with Crippen LogP contribution in [0.1, 0.15) is 34.4 Å². The minimum absolute atomic E-state index is 0.0777. The SMILES string of the molecule is CCOc1ccccc1CN(Cc1ccco1)C(=O)c1ccc(S(=O)(=O)c2ccc(C)cc2)o1. The highest BCUT2D eigenvalue weighted by Crippen LogP contribution is 2.26. The van der Waals surface area contributed by atoms with Crippen LogP contribution in [-0.2, 0) is 22.9 Å². The lowest BCUT2D eigenvalue weighted by atomic mass is 10.1. The van der Waals surface area contributed by atoms with E-state index >= 15 is 0 Å². The van der Waals surface area contributed by atoms with Gasteiger partial charge in [0.1, 0.15) is 11.5 Å². The number of carbonyl (C=O) groups is 1. The zero-order valence-electron chi connectivity index (χ0n) is 18.9. The first-order valence-corrected chi connectivity index (χ1v) is 12.3. The summed E-state index contributed by atoms with van der Waals surface area (Å²) in [7, 11) is -3.89. The monoisotopic (exact) mass is 479 g/mol. The van der Waals surface area contributed by atoms with Gasteiger partial charge in [-0.15, -0.1) is 0 Å². The van der Waals surface area contributed by atoms with Crippen molar-refractivity contribution in [1.82, 2.24) is 4.90 Å². The fraction of sp³-hybridized carbons (Fsp3) is 0.192. The quantitative estimate of drug-likeness (QED) is 0.325. The number of hydrogen-bond acceptors (Lipinski definition) is 6. The number of nitrogens with zero attached hydrogens (tertiary/aromatic N) is 1. The summed E-state index contributed by atoms with van der Waals surface area (Å²) in [4.78, 5) is 15.0. The summed E-state index contributed by atoms with van der Waals surface area (Å²) in [5.41, 5.74) is 1.75. The van der Waals surface area contributed by atoms with Gasteiger partial charge >= 0.3 is 0 Å². The third kappa shape index (κ3) is 5.07. The third-order valence-corrected chi connectivity index (χ3v) is 6.88. The molecule has 0 aliphatic heterocycles. The lowest BCUT2D eigenvalue weighted by Crippen LogP contribution is -2.30. The van der Waals surface area contributed by atoms with Gasteiger partial charge in [-0.05, 0) is 56.3 Å². The predicted octanol–water partition coefficient (Wildman–Crippen LogP) is 5.26. The molecule has 0 aliphatic rings. The molecule has 0 unspecified atom stereocenters. The zero-order chi connectivity index (χ0) is 24.1. The largest absolute Gasteiger partial charge is 0.494 e. The van der Waals surface area contributed by atoms with Gasteiger partial charge in [0.25, 0.3) is 5.91 Å². The van der Waals surface area contributed by atoms with Crippen molar-refractivity contribution in [2.24, 2.45) is 0 Å². The Morgan fingerprint density at radius 3 is 2.41 bits per heavy atom. The molecule has 2 aromatic carbocycles. The Kier molecular flexibility index (Phi) is 6.88. The van der Waals surface area contributed by atoms with Crippen LogP contribution in [0.4, 0.5) is 0 Å². The molecule has 4 rings (SSSR count). The van der Waals surface area contributed by atoms with E-state index in [1.165, 1.54) is 35.4 Å². The van der Waals surface area contributed by atoms with Gasteiger partial charge in [-0.3, -0.25) is 4.79 Å². The van der Waals surface area contributed by atoms with Crippen LogP contribution in [0.25, 0.3) is 0 Å². The van der Waals surface area contributed by atoms with Gasteiger partial charge < -0.3 is 18.5 Å². The molecule has 1 amide bonds. The molecule has 0 fully saturated rings. The number of rotatable bonds is 9. The molecule has 2 aromatic heterocycles. The second kappa shape index (κ2) is 10.0. The normalized spacial score (nSPS) is 11.4. The van der Waals surface area contributed by atoms with Crippen LogP contribution in [0.5, 0.6) is 5.75 Å². The van der Waals surface area contributed by atoms with Gasteiger partial charge in [0.05, 0.1) is 30.9 Å². The molecule has 0 radical (unpaired) electrons. The fourth-order valence-corrected chi connectivity index (χ4v) is 4.67. The minimum atomic E-state index is -3.89. The Bertz CT molecular complexity index is 1350. The van der Waals surface area contributed by atoms with Crippen LogP contribution in [0, 0.1) is 6.92 Å². The maximum atomic E-state index is 13.4. The molecule has 0 spiro atoms. The first-order valence-electron chi connectivity index (χ1n) is 10.8. The predicted molar refractivity (Wildman–Crippen MR) is 125 cm³/mol. The molecule has 0 aliphatic carbocycles.